The molecule has 0 saturated heterocycles. The standard InChI is InChI=1S/C23H20ClN5O3S/c1-14(33-23-26-25-21(28(23)2)20-6-4-12-32-20)22(30)29-18(19-5-3-11-31-19)13-17(27-29)15-7-9-16(24)10-8-15/h3-12,14,18H,13H2,1-2H3/t14-,18+/m1/s1. The van der Waals surface area contributed by atoms with Gasteiger partial charge in [0, 0.05) is 18.5 Å². The van der Waals surface area contributed by atoms with E-state index in [1.807, 2.05) is 61.0 Å². The summed E-state index contributed by atoms with van der Waals surface area (Å²) in [5.74, 6) is 1.75. The summed E-state index contributed by atoms with van der Waals surface area (Å²) in [6, 6.07) is 14.4. The highest BCUT2D eigenvalue weighted by molar-refractivity contribution is 8.00. The fourth-order valence-corrected chi connectivity index (χ4v) is 4.65. The second-order valence-electron chi connectivity index (χ2n) is 7.57. The van der Waals surface area contributed by atoms with E-state index in [2.05, 4.69) is 15.3 Å². The number of rotatable bonds is 6. The van der Waals surface area contributed by atoms with Crippen LogP contribution >= 0.6 is 23.4 Å². The molecule has 3 aromatic heterocycles. The van der Waals surface area contributed by atoms with Crippen LogP contribution in [0, 0.1) is 0 Å². The number of hydrogen-bond donors (Lipinski definition) is 0. The van der Waals surface area contributed by atoms with Crippen LogP contribution in [0.15, 0.2) is 80.1 Å². The SMILES string of the molecule is C[C@@H](Sc1nnc(-c2ccco2)n1C)C(=O)N1N=C(c2ccc(Cl)cc2)C[C@H]1c1ccco1. The molecular weight excluding hydrogens is 462 g/mol. The van der Waals surface area contributed by atoms with Crippen LogP contribution in [0.25, 0.3) is 11.6 Å². The summed E-state index contributed by atoms with van der Waals surface area (Å²) in [6.07, 6.45) is 3.73. The summed E-state index contributed by atoms with van der Waals surface area (Å²) in [5.41, 5.74) is 1.72. The summed E-state index contributed by atoms with van der Waals surface area (Å²) in [7, 11) is 1.84. The molecule has 2 atom stereocenters. The molecule has 0 aliphatic carbocycles. The minimum absolute atomic E-state index is 0.145. The fraction of sp³-hybridized carbons (Fsp3) is 0.217. The van der Waals surface area contributed by atoms with Crippen molar-refractivity contribution in [2.45, 2.75) is 29.8 Å². The van der Waals surface area contributed by atoms with Gasteiger partial charge in [-0.05, 0) is 48.9 Å². The number of carbonyl (C=O) groups excluding carboxylic acids is 1. The maximum atomic E-state index is 13.5. The molecule has 168 valence electrons. The van der Waals surface area contributed by atoms with E-state index in [9.17, 15) is 4.79 Å². The lowest BCUT2D eigenvalue weighted by Crippen LogP contribution is -2.33. The van der Waals surface area contributed by atoms with Crippen molar-refractivity contribution in [1.82, 2.24) is 19.8 Å². The highest BCUT2D eigenvalue weighted by Gasteiger charge is 2.37. The zero-order valence-electron chi connectivity index (χ0n) is 17.9. The maximum absolute atomic E-state index is 13.5. The number of benzene rings is 1. The van der Waals surface area contributed by atoms with Gasteiger partial charge in [0.1, 0.15) is 11.8 Å². The summed E-state index contributed by atoms with van der Waals surface area (Å²) in [5, 5.41) is 15.4. The lowest BCUT2D eigenvalue weighted by molar-refractivity contribution is -0.132. The molecule has 0 spiro atoms. The molecule has 0 fully saturated rings. The third-order valence-corrected chi connectivity index (χ3v) is 6.77. The lowest BCUT2D eigenvalue weighted by atomic mass is 10.0. The molecule has 4 aromatic rings. The van der Waals surface area contributed by atoms with Crippen molar-refractivity contribution < 1.29 is 13.6 Å². The van der Waals surface area contributed by atoms with Gasteiger partial charge in [-0.15, -0.1) is 10.2 Å². The molecular formula is C23H20ClN5O3S. The van der Waals surface area contributed by atoms with Crippen LogP contribution in [0.1, 0.15) is 30.7 Å². The van der Waals surface area contributed by atoms with E-state index in [1.165, 1.54) is 16.8 Å². The zero-order chi connectivity index (χ0) is 22.9. The third kappa shape index (κ3) is 4.21. The number of nitrogens with zero attached hydrogens (tertiary/aromatic N) is 5. The first-order valence-corrected chi connectivity index (χ1v) is 11.6. The smallest absolute Gasteiger partial charge is 0.256 e. The Kier molecular flexibility index (Phi) is 5.82. The topological polar surface area (TPSA) is 89.7 Å². The van der Waals surface area contributed by atoms with Crippen LogP contribution in [0.4, 0.5) is 0 Å². The van der Waals surface area contributed by atoms with Crippen LogP contribution in [-0.2, 0) is 11.8 Å². The summed E-state index contributed by atoms with van der Waals surface area (Å²) in [6.45, 7) is 1.84. The molecule has 8 nitrogen and oxygen atoms in total. The molecule has 1 amide bonds. The number of carbonyl (C=O) groups is 1. The van der Waals surface area contributed by atoms with Crippen LogP contribution in [-0.4, -0.2) is 36.6 Å². The van der Waals surface area contributed by atoms with E-state index in [4.69, 9.17) is 20.4 Å². The van der Waals surface area contributed by atoms with Gasteiger partial charge in [-0.25, -0.2) is 5.01 Å². The quantitative estimate of drug-likeness (QED) is 0.352. The Morgan fingerprint density at radius 3 is 2.58 bits per heavy atom. The second-order valence-corrected chi connectivity index (χ2v) is 9.32. The molecule has 1 aromatic carbocycles. The average Bonchev–Trinajstić information content (AvgIpc) is 3.61. The van der Waals surface area contributed by atoms with E-state index in [0.29, 0.717) is 33.9 Å². The van der Waals surface area contributed by atoms with E-state index >= 15 is 0 Å². The number of amides is 1. The van der Waals surface area contributed by atoms with Gasteiger partial charge in [0.15, 0.2) is 16.7 Å². The van der Waals surface area contributed by atoms with Crippen molar-refractivity contribution in [2.24, 2.45) is 12.1 Å². The van der Waals surface area contributed by atoms with Gasteiger partial charge in [-0.3, -0.25) is 4.79 Å². The Labute approximate surface area is 199 Å². The Balaban J connectivity index is 1.39. The molecule has 1 aliphatic heterocycles. The fourth-order valence-electron chi connectivity index (χ4n) is 3.67. The summed E-state index contributed by atoms with van der Waals surface area (Å²) < 4.78 is 12.9. The molecule has 1 aliphatic rings. The molecule has 10 heteroatoms. The molecule has 33 heavy (non-hydrogen) atoms. The normalized spacial score (nSPS) is 16.8. The first-order valence-electron chi connectivity index (χ1n) is 10.3. The minimum atomic E-state index is -0.455. The van der Waals surface area contributed by atoms with Gasteiger partial charge in [0.05, 0.1) is 23.5 Å². The molecule has 0 bridgehead atoms. The van der Waals surface area contributed by atoms with Gasteiger partial charge >= 0.3 is 0 Å². The lowest BCUT2D eigenvalue weighted by Gasteiger charge is -2.22. The molecule has 4 heterocycles. The largest absolute Gasteiger partial charge is 0.467 e. The third-order valence-electron chi connectivity index (χ3n) is 5.39. The van der Waals surface area contributed by atoms with Gasteiger partial charge in [-0.2, -0.15) is 5.10 Å². The number of halogens is 1. The Bertz CT molecular complexity index is 1280. The van der Waals surface area contributed by atoms with E-state index in [0.717, 1.165) is 11.3 Å². The van der Waals surface area contributed by atoms with Crippen LogP contribution in [0.3, 0.4) is 0 Å². The molecule has 5 rings (SSSR count). The highest BCUT2D eigenvalue weighted by atomic mass is 35.5. The van der Waals surface area contributed by atoms with Crippen LogP contribution in [0.2, 0.25) is 5.02 Å². The zero-order valence-corrected chi connectivity index (χ0v) is 19.5. The van der Waals surface area contributed by atoms with E-state index in [1.54, 1.807) is 18.6 Å². The number of hydrazone groups is 1. The van der Waals surface area contributed by atoms with Crippen molar-refractivity contribution in [3.05, 3.63) is 77.4 Å². The molecule has 0 N–H and O–H groups in total. The minimum Gasteiger partial charge on any atom is -0.467 e. The Hall–Kier alpha value is -3.30. The van der Waals surface area contributed by atoms with Gasteiger partial charge in [-0.1, -0.05) is 35.5 Å². The predicted octanol–water partition coefficient (Wildman–Crippen LogP) is 5.18. The predicted molar refractivity (Wildman–Crippen MR) is 125 cm³/mol. The van der Waals surface area contributed by atoms with Crippen molar-refractivity contribution in [3.63, 3.8) is 0 Å². The van der Waals surface area contributed by atoms with E-state index < -0.39 is 5.25 Å². The number of hydrogen-bond acceptors (Lipinski definition) is 7. The molecule has 0 radical (unpaired) electrons. The Morgan fingerprint density at radius 2 is 1.88 bits per heavy atom. The van der Waals surface area contributed by atoms with Gasteiger partial charge in [0.25, 0.3) is 5.91 Å². The number of thioether (sulfide) groups is 1. The van der Waals surface area contributed by atoms with Crippen LogP contribution in [0.5, 0.6) is 0 Å². The second kappa shape index (κ2) is 8.92. The van der Waals surface area contributed by atoms with Crippen molar-refractivity contribution in [3.8, 4) is 11.6 Å². The van der Waals surface area contributed by atoms with Crippen molar-refractivity contribution >= 4 is 35.0 Å². The summed E-state index contributed by atoms with van der Waals surface area (Å²) >= 11 is 7.35. The number of aromatic nitrogens is 3. The average molecular weight is 482 g/mol. The first-order chi connectivity index (χ1) is 16.0. The monoisotopic (exact) mass is 481 g/mol. The Morgan fingerprint density at radius 1 is 1.12 bits per heavy atom. The van der Waals surface area contributed by atoms with Crippen molar-refractivity contribution in [1.29, 1.82) is 0 Å². The van der Waals surface area contributed by atoms with E-state index in [-0.39, 0.29) is 11.9 Å². The van der Waals surface area contributed by atoms with Crippen molar-refractivity contribution in [2.75, 3.05) is 0 Å². The van der Waals surface area contributed by atoms with Gasteiger partial charge in [0.2, 0.25) is 0 Å². The molecule has 0 unspecified atom stereocenters. The number of furan rings is 2. The first kappa shape index (κ1) is 21.5. The van der Waals surface area contributed by atoms with Gasteiger partial charge < -0.3 is 13.4 Å². The van der Waals surface area contributed by atoms with Crippen LogP contribution < -0.4 is 0 Å². The maximum Gasteiger partial charge on any atom is 0.256 e. The molecule has 0 saturated carbocycles. The highest BCUT2D eigenvalue weighted by Crippen LogP contribution is 2.36. The summed E-state index contributed by atoms with van der Waals surface area (Å²) in [4.78, 5) is 13.5.